The van der Waals surface area contributed by atoms with Crippen LogP contribution in [-0.4, -0.2) is 12.8 Å². The lowest BCUT2D eigenvalue weighted by Crippen LogP contribution is -1.83. The van der Waals surface area contributed by atoms with Gasteiger partial charge in [-0.1, -0.05) is 22.7 Å². The van der Waals surface area contributed by atoms with Gasteiger partial charge in [0.05, 0.1) is 11.2 Å². The van der Waals surface area contributed by atoms with Gasteiger partial charge in [-0.3, -0.25) is 0 Å². The third-order valence-corrected chi connectivity index (χ3v) is 2.28. The highest BCUT2D eigenvalue weighted by Crippen LogP contribution is 2.18. The summed E-state index contributed by atoms with van der Waals surface area (Å²) in [6.45, 7) is 0.179. The molecule has 0 radical (unpaired) electrons. The van der Waals surface area contributed by atoms with Crippen molar-refractivity contribution >= 4 is 29.2 Å². The molecular weight excluding hydrogens is 194 g/mol. The minimum atomic E-state index is 0.179. The molecule has 2 nitrogen and oxygen atoms in total. The maximum atomic E-state index is 5.78. The Hall–Kier alpha value is -0.980. The van der Waals surface area contributed by atoms with Gasteiger partial charge in [0.2, 0.25) is 0 Å². The van der Waals surface area contributed by atoms with Crippen molar-refractivity contribution in [1.29, 1.82) is 0 Å². The summed E-state index contributed by atoms with van der Waals surface area (Å²) in [5.41, 5.74) is 0.846. The highest BCUT2D eigenvalue weighted by Gasteiger charge is 1.95. The van der Waals surface area contributed by atoms with Crippen LogP contribution in [0, 0.1) is 12.3 Å². The molecular formula is C8H6ClNOS. The number of thiophene rings is 1. The Bertz CT molecular complexity index is 313. The summed E-state index contributed by atoms with van der Waals surface area (Å²) >= 11 is 7.29. The van der Waals surface area contributed by atoms with Crippen LogP contribution < -0.4 is 0 Å². The number of rotatable bonds is 3. The van der Waals surface area contributed by atoms with E-state index >= 15 is 0 Å². The van der Waals surface area contributed by atoms with E-state index in [9.17, 15) is 0 Å². The number of terminal acetylenes is 1. The molecule has 0 saturated carbocycles. The first-order valence-electron chi connectivity index (χ1n) is 3.15. The van der Waals surface area contributed by atoms with E-state index in [0.717, 1.165) is 5.56 Å². The second-order valence-electron chi connectivity index (χ2n) is 1.89. The van der Waals surface area contributed by atoms with E-state index in [2.05, 4.69) is 11.1 Å². The van der Waals surface area contributed by atoms with Crippen molar-refractivity contribution in [3.8, 4) is 12.3 Å². The van der Waals surface area contributed by atoms with Crippen molar-refractivity contribution < 1.29 is 4.84 Å². The van der Waals surface area contributed by atoms with E-state index in [4.69, 9.17) is 22.9 Å². The van der Waals surface area contributed by atoms with E-state index in [0.29, 0.717) is 5.02 Å². The summed E-state index contributed by atoms with van der Waals surface area (Å²) in [5.74, 6) is 2.30. The standard InChI is InChI=1S/C8H6ClNOS/c1-2-3-11-10-4-7-5-12-6-8(7)9/h1,4-6H,3H2/b10-4+. The van der Waals surface area contributed by atoms with Gasteiger partial charge in [0.1, 0.15) is 0 Å². The molecule has 0 aliphatic heterocycles. The molecule has 0 unspecified atom stereocenters. The summed E-state index contributed by atoms with van der Waals surface area (Å²) in [4.78, 5) is 4.69. The number of oxime groups is 1. The van der Waals surface area contributed by atoms with E-state index in [1.54, 1.807) is 0 Å². The lowest BCUT2D eigenvalue weighted by molar-refractivity contribution is 0.181. The SMILES string of the molecule is C#CCO/N=C/c1cscc1Cl. The Kier molecular flexibility index (Phi) is 3.65. The molecule has 0 fully saturated rings. The van der Waals surface area contributed by atoms with Gasteiger partial charge in [0.15, 0.2) is 6.61 Å². The molecule has 0 atom stereocenters. The number of hydrogen-bond donors (Lipinski definition) is 0. The Morgan fingerprint density at radius 1 is 1.75 bits per heavy atom. The van der Waals surface area contributed by atoms with Crippen LogP contribution in [0.25, 0.3) is 0 Å². The van der Waals surface area contributed by atoms with Gasteiger partial charge in [-0.05, 0) is 0 Å². The molecule has 0 spiro atoms. The fourth-order valence-electron chi connectivity index (χ4n) is 0.552. The first kappa shape index (κ1) is 9.11. The molecule has 0 aromatic carbocycles. The van der Waals surface area contributed by atoms with Gasteiger partial charge in [-0.2, -0.15) is 11.3 Å². The molecule has 1 heterocycles. The van der Waals surface area contributed by atoms with Crippen molar-refractivity contribution in [2.45, 2.75) is 0 Å². The van der Waals surface area contributed by atoms with Crippen molar-refractivity contribution in [2.75, 3.05) is 6.61 Å². The molecule has 0 amide bonds. The normalized spacial score (nSPS) is 10.0. The molecule has 4 heteroatoms. The van der Waals surface area contributed by atoms with Crippen molar-refractivity contribution in [2.24, 2.45) is 5.16 Å². The Morgan fingerprint density at radius 3 is 3.17 bits per heavy atom. The third-order valence-electron chi connectivity index (χ3n) is 1.06. The van der Waals surface area contributed by atoms with E-state index in [1.807, 2.05) is 10.8 Å². The minimum Gasteiger partial charge on any atom is -0.383 e. The summed E-state index contributed by atoms with van der Waals surface area (Å²) in [5, 5.41) is 8.00. The molecule has 62 valence electrons. The van der Waals surface area contributed by atoms with Crippen molar-refractivity contribution in [3.63, 3.8) is 0 Å². The van der Waals surface area contributed by atoms with Crippen LogP contribution in [-0.2, 0) is 4.84 Å². The maximum Gasteiger partial charge on any atom is 0.177 e. The zero-order valence-corrected chi connectivity index (χ0v) is 7.73. The molecule has 1 aromatic rings. The van der Waals surface area contributed by atoms with E-state index in [-0.39, 0.29) is 6.61 Å². The van der Waals surface area contributed by atoms with Crippen LogP contribution in [0.2, 0.25) is 5.02 Å². The maximum absolute atomic E-state index is 5.78. The number of halogens is 1. The molecule has 0 bridgehead atoms. The minimum absolute atomic E-state index is 0.179. The van der Waals surface area contributed by atoms with E-state index in [1.165, 1.54) is 17.6 Å². The van der Waals surface area contributed by atoms with Gasteiger partial charge >= 0.3 is 0 Å². The predicted octanol–water partition coefficient (Wildman–Crippen LogP) is 2.39. The third kappa shape index (κ3) is 2.57. The van der Waals surface area contributed by atoms with Crippen LogP contribution >= 0.6 is 22.9 Å². The molecule has 0 aliphatic rings. The Labute approximate surface area is 79.8 Å². The van der Waals surface area contributed by atoms with Crippen molar-refractivity contribution in [1.82, 2.24) is 0 Å². The highest BCUT2D eigenvalue weighted by atomic mass is 35.5. The first-order chi connectivity index (χ1) is 5.84. The largest absolute Gasteiger partial charge is 0.383 e. The molecule has 0 saturated heterocycles. The number of nitrogens with zero attached hydrogens (tertiary/aromatic N) is 1. The predicted molar refractivity (Wildman–Crippen MR) is 51.7 cm³/mol. The van der Waals surface area contributed by atoms with Gasteiger partial charge in [0.25, 0.3) is 0 Å². The molecule has 0 N–H and O–H groups in total. The zero-order chi connectivity index (χ0) is 8.81. The summed E-state index contributed by atoms with van der Waals surface area (Å²) in [7, 11) is 0. The van der Waals surface area contributed by atoms with Crippen molar-refractivity contribution in [3.05, 3.63) is 21.3 Å². The smallest absolute Gasteiger partial charge is 0.177 e. The average Bonchev–Trinajstić information content (AvgIpc) is 2.46. The zero-order valence-electron chi connectivity index (χ0n) is 6.16. The van der Waals surface area contributed by atoms with E-state index < -0.39 is 0 Å². The van der Waals surface area contributed by atoms with Crippen LogP contribution in [0.4, 0.5) is 0 Å². The second kappa shape index (κ2) is 4.81. The topological polar surface area (TPSA) is 21.6 Å². The first-order valence-corrected chi connectivity index (χ1v) is 4.47. The average molecular weight is 200 g/mol. The fourth-order valence-corrected chi connectivity index (χ4v) is 1.53. The van der Waals surface area contributed by atoms with Crippen LogP contribution in [0.1, 0.15) is 5.56 Å². The van der Waals surface area contributed by atoms with Crippen LogP contribution in [0.5, 0.6) is 0 Å². The van der Waals surface area contributed by atoms with Crippen LogP contribution in [0.15, 0.2) is 15.9 Å². The highest BCUT2D eigenvalue weighted by molar-refractivity contribution is 7.08. The molecule has 0 aliphatic carbocycles. The molecule has 1 rings (SSSR count). The Morgan fingerprint density at radius 2 is 2.58 bits per heavy atom. The van der Waals surface area contributed by atoms with Gasteiger partial charge < -0.3 is 4.84 Å². The Balaban J connectivity index is 2.47. The number of hydrogen-bond acceptors (Lipinski definition) is 3. The molecule has 12 heavy (non-hydrogen) atoms. The summed E-state index contributed by atoms with van der Waals surface area (Å²) in [6, 6.07) is 0. The summed E-state index contributed by atoms with van der Waals surface area (Å²) in [6.07, 6.45) is 6.48. The molecule has 1 aromatic heterocycles. The fraction of sp³-hybridized carbons (Fsp3) is 0.125. The van der Waals surface area contributed by atoms with Gasteiger partial charge in [0, 0.05) is 16.3 Å². The summed E-state index contributed by atoms with van der Waals surface area (Å²) < 4.78 is 0. The monoisotopic (exact) mass is 199 g/mol. The van der Waals surface area contributed by atoms with Crippen LogP contribution in [0.3, 0.4) is 0 Å². The quantitative estimate of drug-likeness (QED) is 0.317. The second-order valence-corrected chi connectivity index (χ2v) is 3.04. The lowest BCUT2D eigenvalue weighted by atomic mass is 10.4. The lowest BCUT2D eigenvalue weighted by Gasteiger charge is -1.89. The van der Waals surface area contributed by atoms with Gasteiger partial charge in [-0.25, -0.2) is 0 Å². The van der Waals surface area contributed by atoms with Gasteiger partial charge in [-0.15, -0.1) is 6.42 Å².